The molecule has 0 aromatic carbocycles. The third kappa shape index (κ3) is 15.2. The third-order valence-corrected chi connectivity index (χ3v) is 2.57. The number of ether oxygens (including phenoxy) is 1. The molecule has 0 aliphatic carbocycles. The Balaban J connectivity index is 2.91. The van der Waals surface area contributed by atoms with Crippen molar-refractivity contribution in [2.75, 3.05) is 19.8 Å². The predicted molar refractivity (Wildman–Crippen MR) is 66.4 cm³/mol. The van der Waals surface area contributed by atoms with Gasteiger partial charge in [-0.2, -0.15) is 0 Å². The van der Waals surface area contributed by atoms with Crippen molar-refractivity contribution in [1.82, 2.24) is 0 Å². The molecule has 0 unspecified atom stereocenters. The van der Waals surface area contributed by atoms with Gasteiger partial charge in [0.2, 0.25) is 0 Å². The molecule has 0 saturated carbocycles. The van der Waals surface area contributed by atoms with Gasteiger partial charge in [-0.25, -0.2) is 0 Å². The van der Waals surface area contributed by atoms with E-state index in [1.165, 1.54) is 44.9 Å². The highest BCUT2D eigenvalue weighted by Crippen LogP contribution is 2.08. The number of rotatable bonds is 13. The van der Waals surface area contributed by atoms with Gasteiger partial charge in [0.1, 0.15) is 6.61 Å². The van der Waals surface area contributed by atoms with Crippen molar-refractivity contribution in [3.05, 3.63) is 10.1 Å². The molecule has 0 rings (SSSR count). The lowest BCUT2D eigenvalue weighted by atomic mass is 10.1. The number of hydrogen-bond acceptors (Lipinski definition) is 4. The fourth-order valence-electron chi connectivity index (χ4n) is 1.61. The summed E-state index contributed by atoms with van der Waals surface area (Å²) in [4.78, 5) is 13.9. The summed E-state index contributed by atoms with van der Waals surface area (Å²) < 4.78 is 5.20. The first kappa shape index (κ1) is 16.2. The second kappa shape index (κ2) is 13.2. The van der Waals surface area contributed by atoms with E-state index in [-0.39, 0.29) is 6.61 Å². The Morgan fingerprint density at radius 3 is 2.06 bits per heavy atom. The summed E-state index contributed by atoms with van der Waals surface area (Å²) in [5.41, 5.74) is 0. The van der Waals surface area contributed by atoms with Crippen molar-refractivity contribution in [2.24, 2.45) is 0 Å². The fraction of sp³-hybridized carbons (Fsp3) is 1.00. The average molecular weight is 247 g/mol. The van der Waals surface area contributed by atoms with Gasteiger partial charge in [0.25, 0.3) is 5.09 Å². The molecule has 0 atom stereocenters. The minimum atomic E-state index is -0.792. The number of unbranched alkanes of at least 4 members (excludes halogenated alkanes) is 7. The molecule has 0 aliphatic rings. The van der Waals surface area contributed by atoms with E-state index in [0.717, 1.165) is 6.42 Å². The highest BCUT2D eigenvalue weighted by atomic mass is 17.0. The molecule has 0 N–H and O–H groups in total. The van der Waals surface area contributed by atoms with Crippen LogP contribution in [0.25, 0.3) is 0 Å². The molecule has 0 bridgehead atoms. The van der Waals surface area contributed by atoms with E-state index in [9.17, 15) is 10.1 Å². The summed E-state index contributed by atoms with van der Waals surface area (Å²) >= 11 is 0. The standard InChI is InChI=1S/C12H25NO4/c1-2-3-4-5-6-7-8-9-10-16-11-12-17-13(14)15/h2-12H2,1H3. The Bertz CT molecular complexity index is 176. The molecule has 0 spiro atoms. The van der Waals surface area contributed by atoms with E-state index in [4.69, 9.17) is 4.74 Å². The maximum Gasteiger partial charge on any atom is 0.294 e. The van der Waals surface area contributed by atoms with E-state index in [2.05, 4.69) is 11.8 Å². The molecular weight excluding hydrogens is 222 g/mol. The molecule has 5 nitrogen and oxygen atoms in total. The molecule has 102 valence electrons. The van der Waals surface area contributed by atoms with Crippen LogP contribution in [-0.4, -0.2) is 24.9 Å². The topological polar surface area (TPSA) is 61.6 Å². The second-order valence-electron chi connectivity index (χ2n) is 4.14. The van der Waals surface area contributed by atoms with E-state index < -0.39 is 5.09 Å². The number of nitrogens with zero attached hydrogens (tertiary/aromatic N) is 1. The Morgan fingerprint density at radius 1 is 0.882 bits per heavy atom. The van der Waals surface area contributed by atoms with Crippen LogP contribution in [0.1, 0.15) is 58.3 Å². The van der Waals surface area contributed by atoms with Gasteiger partial charge in [-0.15, -0.1) is 10.1 Å². The molecule has 0 amide bonds. The Kier molecular flexibility index (Phi) is 12.6. The lowest BCUT2D eigenvalue weighted by molar-refractivity contribution is -0.758. The van der Waals surface area contributed by atoms with Crippen LogP contribution < -0.4 is 0 Å². The molecule has 0 aliphatic heterocycles. The van der Waals surface area contributed by atoms with Crippen molar-refractivity contribution < 1.29 is 14.7 Å². The first-order valence-electron chi connectivity index (χ1n) is 6.62. The van der Waals surface area contributed by atoms with Crippen LogP contribution in [0.2, 0.25) is 0 Å². The highest BCUT2D eigenvalue weighted by molar-refractivity contribution is 4.45. The molecule has 0 heterocycles. The highest BCUT2D eigenvalue weighted by Gasteiger charge is 1.95. The van der Waals surface area contributed by atoms with Gasteiger partial charge in [-0.1, -0.05) is 51.9 Å². The minimum Gasteiger partial charge on any atom is -0.379 e. The molecule has 0 radical (unpaired) electrons. The summed E-state index contributed by atoms with van der Waals surface area (Å²) in [5, 5.41) is 9.02. The molecule has 5 heteroatoms. The van der Waals surface area contributed by atoms with Gasteiger partial charge in [0, 0.05) is 6.61 Å². The molecule has 0 aromatic rings. The lowest BCUT2D eigenvalue weighted by Gasteiger charge is -2.03. The molecule has 17 heavy (non-hydrogen) atoms. The quantitative estimate of drug-likeness (QED) is 0.284. The summed E-state index contributed by atoms with van der Waals surface area (Å²) in [6.45, 7) is 3.23. The maximum atomic E-state index is 9.81. The first-order chi connectivity index (χ1) is 8.27. The number of hydrogen-bond donors (Lipinski definition) is 0. The average Bonchev–Trinajstić information content (AvgIpc) is 2.30. The fourth-order valence-corrected chi connectivity index (χ4v) is 1.61. The van der Waals surface area contributed by atoms with E-state index in [1.807, 2.05) is 0 Å². The van der Waals surface area contributed by atoms with Crippen LogP contribution in [0.5, 0.6) is 0 Å². The van der Waals surface area contributed by atoms with Gasteiger partial charge >= 0.3 is 0 Å². The summed E-state index contributed by atoms with van der Waals surface area (Å²) in [6, 6.07) is 0. The summed E-state index contributed by atoms with van der Waals surface area (Å²) in [7, 11) is 0. The van der Waals surface area contributed by atoms with Crippen molar-refractivity contribution in [1.29, 1.82) is 0 Å². The summed E-state index contributed by atoms with van der Waals surface area (Å²) in [6.07, 6.45) is 10.1. The van der Waals surface area contributed by atoms with Crippen molar-refractivity contribution in [3.63, 3.8) is 0 Å². The molecule has 0 aromatic heterocycles. The monoisotopic (exact) mass is 247 g/mol. The van der Waals surface area contributed by atoms with Crippen molar-refractivity contribution >= 4 is 0 Å². The Labute approximate surface area is 104 Å². The third-order valence-electron chi connectivity index (χ3n) is 2.57. The zero-order valence-electron chi connectivity index (χ0n) is 10.9. The van der Waals surface area contributed by atoms with Gasteiger partial charge in [-0.3, -0.25) is 0 Å². The lowest BCUT2D eigenvalue weighted by Crippen LogP contribution is -2.09. The van der Waals surface area contributed by atoms with Crippen LogP contribution in [-0.2, 0) is 9.57 Å². The van der Waals surface area contributed by atoms with Crippen molar-refractivity contribution in [3.8, 4) is 0 Å². The molecule has 0 fully saturated rings. The minimum absolute atomic E-state index is 0.0318. The van der Waals surface area contributed by atoms with Gasteiger partial charge in [0.15, 0.2) is 0 Å². The van der Waals surface area contributed by atoms with Crippen LogP contribution in [0, 0.1) is 10.1 Å². The van der Waals surface area contributed by atoms with Crippen molar-refractivity contribution in [2.45, 2.75) is 58.3 Å². The predicted octanol–water partition coefficient (Wildman–Crippen LogP) is 3.35. The maximum absolute atomic E-state index is 9.81. The van der Waals surface area contributed by atoms with E-state index in [1.54, 1.807) is 0 Å². The van der Waals surface area contributed by atoms with Gasteiger partial charge in [-0.05, 0) is 6.42 Å². The van der Waals surface area contributed by atoms with Crippen LogP contribution in [0.4, 0.5) is 0 Å². The first-order valence-corrected chi connectivity index (χ1v) is 6.62. The van der Waals surface area contributed by atoms with E-state index in [0.29, 0.717) is 13.2 Å². The smallest absolute Gasteiger partial charge is 0.294 e. The Morgan fingerprint density at radius 2 is 1.47 bits per heavy atom. The molecule has 0 saturated heterocycles. The molecular formula is C12H25NO4. The van der Waals surface area contributed by atoms with E-state index >= 15 is 0 Å². The second-order valence-corrected chi connectivity index (χ2v) is 4.14. The largest absolute Gasteiger partial charge is 0.379 e. The zero-order valence-corrected chi connectivity index (χ0v) is 10.9. The Hall–Kier alpha value is -0.840. The van der Waals surface area contributed by atoms with Crippen LogP contribution in [0.15, 0.2) is 0 Å². The summed E-state index contributed by atoms with van der Waals surface area (Å²) in [5.74, 6) is 0. The van der Waals surface area contributed by atoms with Crippen LogP contribution in [0.3, 0.4) is 0 Å². The van der Waals surface area contributed by atoms with Gasteiger partial charge in [0.05, 0.1) is 6.61 Å². The van der Waals surface area contributed by atoms with Gasteiger partial charge < -0.3 is 9.57 Å². The SMILES string of the molecule is CCCCCCCCCCOCCO[N+](=O)[O-]. The normalized spacial score (nSPS) is 10.4. The zero-order chi connectivity index (χ0) is 12.8. The van der Waals surface area contributed by atoms with Crippen LogP contribution >= 0.6 is 0 Å².